The number of alkyl halides is 3. The van der Waals surface area contributed by atoms with Crippen LogP contribution in [-0.2, 0) is 20.5 Å². The highest BCUT2D eigenvalue weighted by Gasteiger charge is 2.34. The number of benzene rings is 1. The number of hydrogen-bond acceptors (Lipinski definition) is 3. The minimum Gasteiger partial charge on any atom is -0.466 e. The lowest BCUT2D eigenvalue weighted by Gasteiger charge is -2.27. The van der Waals surface area contributed by atoms with E-state index in [2.05, 4.69) is 5.32 Å². The fourth-order valence-electron chi connectivity index (χ4n) is 2.96. The number of carbonyl (C=O) groups excluding carboxylic acids is 2. The Morgan fingerprint density at radius 3 is 2.48 bits per heavy atom. The molecule has 5 nitrogen and oxygen atoms in total. The Balaban J connectivity index is 1.87. The smallest absolute Gasteiger partial charge is 0.418 e. The average molecular weight is 359 g/mol. The lowest BCUT2D eigenvalue weighted by Crippen LogP contribution is -3.14. The van der Waals surface area contributed by atoms with E-state index in [0.717, 1.165) is 11.0 Å². The van der Waals surface area contributed by atoms with E-state index in [1.54, 1.807) is 6.92 Å². The molecular weight excluding hydrogens is 337 g/mol. The monoisotopic (exact) mass is 359 g/mol. The first-order valence-corrected chi connectivity index (χ1v) is 8.27. The van der Waals surface area contributed by atoms with E-state index >= 15 is 0 Å². The van der Waals surface area contributed by atoms with Crippen molar-refractivity contribution in [1.29, 1.82) is 0 Å². The van der Waals surface area contributed by atoms with Crippen LogP contribution in [0.2, 0.25) is 0 Å². The number of piperidine rings is 1. The SMILES string of the molecule is CCOC(=O)C1CC[NH+](CC(=O)Nc2ccccc2C(F)(F)F)CC1. The maximum atomic E-state index is 12.9. The van der Waals surface area contributed by atoms with Crippen molar-refractivity contribution in [3.05, 3.63) is 29.8 Å². The number of likely N-dealkylation sites (tertiary alicyclic amines) is 1. The Labute approximate surface area is 144 Å². The van der Waals surface area contributed by atoms with Crippen molar-refractivity contribution in [2.24, 2.45) is 5.92 Å². The van der Waals surface area contributed by atoms with Crippen molar-refractivity contribution < 1.29 is 32.4 Å². The van der Waals surface area contributed by atoms with E-state index < -0.39 is 17.6 Å². The molecule has 1 aromatic carbocycles. The summed E-state index contributed by atoms with van der Waals surface area (Å²) in [4.78, 5) is 24.7. The number of esters is 1. The van der Waals surface area contributed by atoms with Gasteiger partial charge < -0.3 is 15.0 Å². The van der Waals surface area contributed by atoms with Crippen LogP contribution in [0.4, 0.5) is 18.9 Å². The Morgan fingerprint density at radius 2 is 1.88 bits per heavy atom. The Morgan fingerprint density at radius 1 is 1.24 bits per heavy atom. The second-order valence-corrected chi connectivity index (χ2v) is 6.04. The molecule has 2 N–H and O–H groups in total. The molecule has 1 aliphatic rings. The molecule has 0 atom stereocenters. The zero-order valence-corrected chi connectivity index (χ0v) is 14.0. The molecule has 2 rings (SSSR count). The molecule has 1 saturated heterocycles. The number of carbonyl (C=O) groups is 2. The van der Waals surface area contributed by atoms with Gasteiger partial charge in [0, 0.05) is 12.8 Å². The number of halogens is 3. The van der Waals surface area contributed by atoms with Crippen molar-refractivity contribution in [2.75, 3.05) is 31.6 Å². The zero-order valence-electron chi connectivity index (χ0n) is 14.0. The third kappa shape index (κ3) is 5.45. The summed E-state index contributed by atoms with van der Waals surface area (Å²) >= 11 is 0. The first-order chi connectivity index (χ1) is 11.8. The Kier molecular flexibility index (Phi) is 6.41. The third-order valence-corrected chi connectivity index (χ3v) is 4.23. The van der Waals surface area contributed by atoms with Gasteiger partial charge in [-0.1, -0.05) is 12.1 Å². The van der Waals surface area contributed by atoms with Gasteiger partial charge in [-0.05, 0) is 19.1 Å². The van der Waals surface area contributed by atoms with E-state index in [0.29, 0.717) is 32.5 Å². The lowest BCUT2D eigenvalue weighted by atomic mass is 9.97. The number of para-hydroxylation sites is 1. The van der Waals surface area contributed by atoms with Crippen LogP contribution in [0, 0.1) is 5.92 Å². The van der Waals surface area contributed by atoms with Crippen LogP contribution in [-0.4, -0.2) is 38.1 Å². The Bertz CT molecular complexity index is 611. The maximum Gasteiger partial charge on any atom is 0.418 e. The van der Waals surface area contributed by atoms with Crippen molar-refractivity contribution in [3.63, 3.8) is 0 Å². The number of hydrogen-bond donors (Lipinski definition) is 2. The van der Waals surface area contributed by atoms with Crippen LogP contribution in [0.5, 0.6) is 0 Å². The summed E-state index contributed by atoms with van der Waals surface area (Å²) in [5.41, 5.74) is -1.10. The molecule has 0 unspecified atom stereocenters. The highest BCUT2D eigenvalue weighted by atomic mass is 19.4. The fraction of sp³-hybridized carbons (Fsp3) is 0.529. The summed E-state index contributed by atoms with van der Waals surface area (Å²) in [6, 6.07) is 4.91. The van der Waals surface area contributed by atoms with Gasteiger partial charge in [-0.3, -0.25) is 9.59 Å². The second kappa shape index (κ2) is 8.33. The molecule has 138 valence electrons. The molecule has 1 aromatic rings. The van der Waals surface area contributed by atoms with Gasteiger partial charge in [-0.15, -0.1) is 0 Å². The summed E-state index contributed by atoms with van der Waals surface area (Å²) in [5.74, 6) is -0.843. The summed E-state index contributed by atoms with van der Waals surface area (Å²) in [7, 11) is 0. The summed E-state index contributed by atoms with van der Waals surface area (Å²) in [6.45, 7) is 3.38. The molecule has 0 aromatic heterocycles. The molecule has 1 aliphatic heterocycles. The van der Waals surface area contributed by atoms with E-state index in [1.807, 2.05) is 0 Å². The number of rotatable bonds is 5. The maximum absolute atomic E-state index is 12.9. The second-order valence-electron chi connectivity index (χ2n) is 6.04. The van der Waals surface area contributed by atoms with Crippen LogP contribution in [0.1, 0.15) is 25.3 Å². The average Bonchev–Trinajstić information content (AvgIpc) is 2.55. The molecule has 1 fully saturated rings. The molecule has 0 spiro atoms. The largest absolute Gasteiger partial charge is 0.466 e. The highest BCUT2D eigenvalue weighted by Crippen LogP contribution is 2.34. The first-order valence-electron chi connectivity index (χ1n) is 8.27. The highest BCUT2D eigenvalue weighted by molar-refractivity contribution is 5.92. The molecule has 1 amide bonds. The fourth-order valence-corrected chi connectivity index (χ4v) is 2.96. The van der Waals surface area contributed by atoms with Gasteiger partial charge in [-0.25, -0.2) is 0 Å². The number of amides is 1. The minimum absolute atomic E-state index is 0.0712. The number of anilines is 1. The summed E-state index contributed by atoms with van der Waals surface area (Å²) in [6.07, 6.45) is -3.30. The Hall–Kier alpha value is -2.09. The van der Waals surface area contributed by atoms with Gasteiger partial charge in [0.25, 0.3) is 5.91 Å². The van der Waals surface area contributed by atoms with Crippen LogP contribution in [0.15, 0.2) is 24.3 Å². The molecule has 0 aliphatic carbocycles. The molecule has 0 radical (unpaired) electrons. The van der Waals surface area contributed by atoms with E-state index in [9.17, 15) is 22.8 Å². The minimum atomic E-state index is -4.52. The summed E-state index contributed by atoms with van der Waals surface area (Å²) in [5, 5.41) is 2.35. The summed E-state index contributed by atoms with van der Waals surface area (Å²) < 4.78 is 43.8. The number of quaternary nitrogens is 1. The predicted molar refractivity (Wildman–Crippen MR) is 85.0 cm³/mol. The van der Waals surface area contributed by atoms with Gasteiger partial charge in [0.1, 0.15) is 0 Å². The number of nitrogens with one attached hydrogen (secondary N) is 2. The topological polar surface area (TPSA) is 59.8 Å². The normalized spacial score (nSPS) is 20.8. The van der Waals surface area contributed by atoms with Crippen LogP contribution in [0.3, 0.4) is 0 Å². The first kappa shape index (κ1) is 19.2. The zero-order chi connectivity index (χ0) is 18.4. The van der Waals surface area contributed by atoms with Crippen LogP contribution < -0.4 is 10.2 Å². The lowest BCUT2D eigenvalue weighted by molar-refractivity contribution is -0.897. The molecule has 1 heterocycles. The molecule has 0 saturated carbocycles. The third-order valence-electron chi connectivity index (χ3n) is 4.23. The molecular formula is C17H22F3N2O3+. The van der Waals surface area contributed by atoms with Crippen LogP contribution in [0.25, 0.3) is 0 Å². The van der Waals surface area contributed by atoms with Crippen molar-refractivity contribution >= 4 is 17.6 Å². The van der Waals surface area contributed by atoms with E-state index in [-0.39, 0.29) is 24.1 Å². The van der Waals surface area contributed by atoms with Gasteiger partial charge in [-0.2, -0.15) is 13.2 Å². The molecule has 8 heteroatoms. The molecule has 0 bridgehead atoms. The standard InChI is InChI=1S/C17H21F3N2O3/c1-2-25-16(24)12-7-9-22(10-8-12)11-15(23)21-14-6-4-3-5-13(14)17(18,19)20/h3-6,12H,2,7-11H2,1H3,(H,21,23)/p+1. The number of ether oxygens (including phenoxy) is 1. The van der Waals surface area contributed by atoms with Gasteiger partial charge >= 0.3 is 12.1 Å². The van der Waals surface area contributed by atoms with Gasteiger partial charge in [0.2, 0.25) is 0 Å². The van der Waals surface area contributed by atoms with E-state index in [1.165, 1.54) is 18.2 Å². The van der Waals surface area contributed by atoms with Gasteiger partial charge in [0.05, 0.1) is 36.9 Å². The van der Waals surface area contributed by atoms with Crippen molar-refractivity contribution in [2.45, 2.75) is 25.9 Å². The van der Waals surface area contributed by atoms with Crippen molar-refractivity contribution in [1.82, 2.24) is 0 Å². The van der Waals surface area contributed by atoms with E-state index in [4.69, 9.17) is 4.74 Å². The predicted octanol–water partition coefficient (Wildman–Crippen LogP) is 1.50. The molecule has 25 heavy (non-hydrogen) atoms. The van der Waals surface area contributed by atoms with Crippen LogP contribution >= 0.6 is 0 Å². The van der Waals surface area contributed by atoms with Crippen molar-refractivity contribution in [3.8, 4) is 0 Å². The quantitative estimate of drug-likeness (QED) is 0.784. The van der Waals surface area contributed by atoms with Gasteiger partial charge in [0.15, 0.2) is 6.54 Å².